The molecule has 6 nitrogen and oxygen atoms in total. The fourth-order valence-corrected chi connectivity index (χ4v) is 4.09. The van der Waals surface area contributed by atoms with Crippen molar-refractivity contribution in [1.82, 2.24) is 19.9 Å². The van der Waals surface area contributed by atoms with Gasteiger partial charge in [-0.05, 0) is 38.3 Å². The van der Waals surface area contributed by atoms with Crippen LogP contribution in [0.3, 0.4) is 0 Å². The number of halogens is 1. The molecular weight excluding hydrogens is 356 g/mol. The zero-order valence-electron chi connectivity index (χ0n) is 14.8. The number of anilines is 2. The van der Waals surface area contributed by atoms with Gasteiger partial charge in [-0.25, -0.2) is 15.0 Å². The van der Waals surface area contributed by atoms with E-state index >= 15 is 0 Å². The Balaban J connectivity index is 1.46. The molecule has 2 aromatic heterocycles. The van der Waals surface area contributed by atoms with Gasteiger partial charge >= 0.3 is 0 Å². The van der Waals surface area contributed by atoms with Crippen molar-refractivity contribution in [2.75, 3.05) is 37.3 Å². The highest BCUT2D eigenvalue weighted by atomic mass is 35.5. The van der Waals surface area contributed by atoms with E-state index in [2.05, 4.69) is 42.8 Å². The zero-order valence-corrected chi connectivity index (χ0v) is 16.3. The van der Waals surface area contributed by atoms with Crippen LogP contribution in [0.4, 0.5) is 11.5 Å². The monoisotopic (exact) mass is 380 g/mol. The van der Waals surface area contributed by atoms with Gasteiger partial charge in [0.2, 0.25) is 0 Å². The van der Waals surface area contributed by atoms with Crippen molar-refractivity contribution >= 4 is 34.4 Å². The number of hydrogen-bond acceptors (Lipinski definition) is 7. The van der Waals surface area contributed by atoms with E-state index in [9.17, 15) is 0 Å². The van der Waals surface area contributed by atoms with E-state index in [0.717, 1.165) is 44.1 Å². The minimum Gasteiger partial charge on any atom is -0.383 e. The normalized spacial score (nSPS) is 16.1. The topological polar surface area (TPSA) is 66.0 Å². The lowest BCUT2D eigenvalue weighted by molar-refractivity contribution is 0.181. The Labute approximate surface area is 158 Å². The lowest BCUT2D eigenvalue weighted by Gasteiger charge is -2.31. The molecule has 1 fully saturated rings. The molecule has 1 aliphatic heterocycles. The molecule has 25 heavy (non-hydrogen) atoms. The van der Waals surface area contributed by atoms with E-state index in [0.29, 0.717) is 11.1 Å². The highest BCUT2D eigenvalue weighted by Crippen LogP contribution is 2.26. The van der Waals surface area contributed by atoms with E-state index in [1.54, 1.807) is 11.3 Å². The number of likely N-dealkylation sites (tertiary alicyclic amines) is 1. The smallest absolute Gasteiger partial charge is 0.157 e. The third-order valence-electron chi connectivity index (χ3n) is 4.60. The number of piperidine rings is 1. The van der Waals surface area contributed by atoms with Crippen molar-refractivity contribution in [1.29, 1.82) is 0 Å². The van der Waals surface area contributed by atoms with E-state index < -0.39 is 0 Å². The fourth-order valence-electron chi connectivity index (χ4n) is 3.12. The van der Waals surface area contributed by atoms with Crippen molar-refractivity contribution in [3.63, 3.8) is 0 Å². The summed E-state index contributed by atoms with van der Waals surface area (Å²) in [4.78, 5) is 15.5. The maximum absolute atomic E-state index is 6.09. The molecule has 2 aromatic rings. The van der Waals surface area contributed by atoms with E-state index in [-0.39, 0.29) is 0 Å². The standard InChI is InChI=1S/C17H25ClN6S/c1-3-14-23-13(10-25-14)9-24-6-4-12(5-7-24)8-20-17-15(19-2)16(18)21-11-22-17/h10-12,19H,3-9H2,1-2H3,(H,20,21,22). The van der Waals surface area contributed by atoms with Crippen molar-refractivity contribution in [3.8, 4) is 0 Å². The van der Waals surface area contributed by atoms with Gasteiger partial charge in [0.05, 0.1) is 10.7 Å². The van der Waals surface area contributed by atoms with Crippen molar-refractivity contribution in [3.05, 3.63) is 27.6 Å². The molecule has 2 N–H and O–H groups in total. The minimum absolute atomic E-state index is 0.449. The Morgan fingerprint density at radius 1 is 1.32 bits per heavy atom. The number of nitrogens with one attached hydrogen (secondary N) is 2. The molecule has 8 heteroatoms. The van der Waals surface area contributed by atoms with Gasteiger partial charge in [-0.1, -0.05) is 18.5 Å². The number of nitrogens with zero attached hydrogens (tertiary/aromatic N) is 4. The van der Waals surface area contributed by atoms with Crippen LogP contribution in [0.25, 0.3) is 0 Å². The summed E-state index contributed by atoms with van der Waals surface area (Å²) in [6, 6.07) is 0. The SMILES string of the molecule is CCc1nc(CN2CCC(CNc3ncnc(Cl)c3NC)CC2)cs1. The molecule has 136 valence electrons. The molecule has 0 amide bonds. The highest BCUT2D eigenvalue weighted by Gasteiger charge is 2.20. The van der Waals surface area contributed by atoms with Gasteiger partial charge in [0.15, 0.2) is 11.0 Å². The van der Waals surface area contributed by atoms with Gasteiger partial charge in [-0.2, -0.15) is 0 Å². The zero-order chi connectivity index (χ0) is 17.6. The second-order valence-corrected chi connectivity index (χ2v) is 7.63. The molecule has 0 atom stereocenters. The third kappa shape index (κ3) is 4.80. The minimum atomic E-state index is 0.449. The Bertz CT molecular complexity index is 684. The quantitative estimate of drug-likeness (QED) is 0.716. The van der Waals surface area contributed by atoms with Gasteiger partial charge in [-0.3, -0.25) is 4.90 Å². The van der Waals surface area contributed by atoms with E-state index in [1.807, 2.05) is 7.05 Å². The van der Waals surface area contributed by atoms with Crippen LogP contribution in [0.5, 0.6) is 0 Å². The van der Waals surface area contributed by atoms with Crippen LogP contribution in [0.15, 0.2) is 11.7 Å². The van der Waals surface area contributed by atoms with Gasteiger partial charge < -0.3 is 10.6 Å². The molecule has 0 aliphatic carbocycles. The molecule has 0 bridgehead atoms. The van der Waals surface area contributed by atoms with E-state index in [1.165, 1.54) is 29.9 Å². The molecule has 0 saturated carbocycles. The number of aryl methyl sites for hydroxylation is 1. The summed E-state index contributed by atoms with van der Waals surface area (Å²) in [5.41, 5.74) is 1.98. The van der Waals surface area contributed by atoms with Crippen LogP contribution >= 0.6 is 22.9 Å². The lowest BCUT2D eigenvalue weighted by atomic mass is 9.96. The maximum Gasteiger partial charge on any atom is 0.157 e. The van der Waals surface area contributed by atoms with Gasteiger partial charge in [-0.15, -0.1) is 11.3 Å². The number of thiazole rings is 1. The second-order valence-electron chi connectivity index (χ2n) is 6.32. The summed E-state index contributed by atoms with van der Waals surface area (Å²) in [6.07, 6.45) is 4.89. The fraction of sp³-hybridized carbons (Fsp3) is 0.588. The predicted molar refractivity (Wildman–Crippen MR) is 105 cm³/mol. The number of rotatable bonds is 7. The first-order chi connectivity index (χ1) is 12.2. The average molecular weight is 381 g/mol. The van der Waals surface area contributed by atoms with Crippen molar-refractivity contribution in [2.24, 2.45) is 5.92 Å². The van der Waals surface area contributed by atoms with Crippen LogP contribution in [0, 0.1) is 5.92 Å². The summed E-state index contributed by atoms with van der Waals surface area (Å²) in [5, 5.41) is 10.4. The third-order valence-corrected chi connectivity index (χ3v) is 5.93. The highest BCUT2D eigenvalue weighted by molar-refractivity contribution is 7.09. The van der Waals surface area contributed by atoms with Gasteiger partial charge in [0.1, 0.15) is 12.0 Å². The molecule has 0 radical (unpaired) electrons. The Morgan fingerprint density at radius 2 is 2.12 bits per heavy atom. The second kappa shape index (κ2) is 8.78. The van der Waals surface area contributed by atoms with Crippen LogP contribution in [0.1, 0.15) is 30.5 Å². The molecule has 0 aromatic carbocycles. The van der Waals surface area contributed by atoms with Crippen molar-refractivity contribution in [2.45, 2.75) is 32.7 Å². The first-order valence-electron chi connectivity index (χ1n) is 8.77. The summed E-state index contributed by atoms with van der Waals surface area (Å²) >= 11 is 7.87. The first-order valence-corrected chi connectivity index (χ1v) is 10.0. The molecule has 3 heterocycles. The van der Waals surface area contributed by atoms with Crippen LogP contribution in [0.2, 0.25) is 5.15 Å². The Hall–Kier alpha value is -1.44. The molecule has 1 aliphatic rings. The summed E-state index contributed by atoms with van der Waals surface area (Å²) in [5.74, 6) is 1.43. The first kappa shape index (κ1) is 18.4. The Kier molecular flexibility index (Phi) is 6.45. The maximum atomic E-state index is 6.09. The molecular formula is C17H25ClN6S. The Morgan fingerprint density at radius 3 is 2.80 bits per heavy atom. The number of hydrogen-bond donors (Lipinski definition) is 2. The predicted octanol–water partition coefficient (Wildman–Crippen LogP) is 3.51. The largest absolute Gasteiger partial charge is 0.383 e. The van der Waals surface area contributed by atoms with E-state index in [4.69, 9.17) is 11.6 Å². The summed E-state index contributed by atoms with van der Waals surface area (Å²) in [6.45, 7) is 6.28. The van der Waals surface area contributed by atoms with Crippen molar-refractivity contribution < 1.29 is 0 Å². The van der Waals surface area contributed by atoms with Gasteiger partial charge in [0.25, 0.3) is 0 Å². The summed E-state index contributed by atoms with van der Waals surface area (Å²) in [7, 11) is 1.83. The van der Waals surface area contributed by atoms with Crippen LogP contribution in [-0.2, 0) is 13.0 Å². The molecule has 0 unspecified atom stereocenters. The van der Waals surface area contributed by atoms with Gasteiger partial charge in [0, 0.05) is 25.5 Å². The summed E-state index contributed by atoms with van der Waals surface area (Å²) < 4.78 is 0. The molecule has 0 spiro atoms. The van der Waals surface area contributed by atoms with Crippen LogP contribution in [-0.4, -0.2) is 46.5 Å². The average Bonchev–Trinajstić information content (AvgIpc) is 3.09. The molecule has 1 saturated heterocycles. The lowest BCUT2D eigenvalue weighted by Crippen LogP contribution is -2.35. The number of aromatic nitrogens is 3. The van der Waals surface area contributed by atoms with Crippen LogP contribution < -0.4 is 10.6 Å². The molecule has 3 rings (SSSR count).